The fraction of sp³-hybridized carbons (Fsp3) is 0.904. The topological polar surface area (TPSA) is 122 Å². The summed E-state index contributed by atoms with van der Waals surface area (Å²) in [5.74, 6) is -0.974. The number of ketones is 1. The molecule has 1 aliphatic rings. The summed E-state index contributed by atoms with van der Waals surface area (Å²) in [7, 11) is 4.10. The van der Waals surface area contributed by atoms with Gasteiger partial charge in [-0.05, 0) is 125 Å². The molecule has 1 heterocycles. The Balaban J connectivity index is 3.96. The van der Waals surface area contributed by atoms with Crippen LogP contribution in [0.2, 0.25) is 0 Å². The molecule has 10 nitrogen and oxygen atoms in total. The molecule has 62 heavy (non-hydrogen) atoms. The number of carbonyl (C=O) groups is 5. The van der Waals surface area contributed by atoms with Crippen molar-refractivity contribution < 1.29 is 33.4 Å². The van der Waals surface area contributed by atoms with Gasteiger partial charge in [-0.3, -0.25) is 24.0 Å². The van der Waals surface area contributed by atoms with Gasteiger partial charge in [0.1, 0.15) is 25.4 Å². The second-order valence-electron chi connectivity index (χ2n) is 23.4. The van der Waals surface area contributed by atoms with E-state index in [0.29, 0.717) is 32.2 Å². The molecule has 0 aromatic heterocycles. The zero-order valence-electron chi connectivity index (χ0n) is 43.8. The van der Waals surface area contributed by atoms with E-state index in [4.69, 9.17) is 9.47 Å². The summed E-state index contributed by atoms with van der Waals surface area (Å²) in [4.78, 5) is 71.7. The summed E-state index contributed by atoms with van der Waals surface area (Å²) in [6.45, 7) is 38.9. The number of nitrogens with zero attached hydrogens (tertiary/aromatic N) is 2. The van der Waals surface area contributed by atoms with Crippen molar-refractivity contribution in [3.8, 4) is 0 Å². The number of esters is 2. The van der Waals surface area contributed by atoms with Gasteiger partial charge in [-0.1, -0.05) is 123 Å². The minimum Gasteiger partial charge on any atom is -0.462 e. The van der Waals surface area contributed by atoms with Crippen molar-refractivity contribution in [3.63, 3.8) is 0 Å². The van der Waals surface area contributed by atoms with Crippen molar-refractivity contribution in [1.82, 2.24) is 15.1 Å². The summed E-state index contributed by atoms with van der Waals surface area (Å²) >= 11 is 0. The van der Waals surface area contributed by atoms with Crippen LogP contribution < -0.4 is 5.32 Å². The number of carbonyl (C=O) groups excluding carboxylic acids is 5. The van der Waals surface area contributed by atoms with Gasteiger partial charge in [0, 0.05) is 25.6 Å². The fourth-order valence-corrected chi connectivity index (χ4v) is 10.4. The summed E-state index contributed by atoms with van der Waals surface area (Å²) in [6.07, 6.45) is 10.1. The van der Waals surface area contributed by atoms with Crippen molar-refractivity contribution in [1.29, 1.82) is 0 Å². The lowest BCUT2D eigenvalue weighted by atomic mass is 9.46. The molecule has 0 spiro atoms. The molecular formula is C52H97N3O7. The van der Waals surface area contributed by atoms with E-state index in [1.807, 2.05) is 14.1 Å². The van der Waals surface area contributed by atoms with E-state index in [1.54, 1.807) is 0 Å². The van der Waals surface area contributed by atoms with E-state index in [-0.39, 0.29) is 60.1 Å². The molecule has 2 amide bonds. The van der Waals surface area contributed by atoms with Gasteiger partial charge < -0.3 is 24.6 Å². The molecule has 10 heteroatoms. The van der Waals surface area contributed by atoms with Crippen LogP contribution in [0.5, 0.6) is 0 Å². The molecule has 1 aliphatic heterocycles. The molecule has 1 rings (SSSR count). The molecule has 0 aliphatic carbocycles. The standard InChI is InChI=1S/C52H97N3O7/c1-20-45(6,7)36-51(16,43(59)53-29-27-30-54(18)19)50(15,23-4)37-49(14,22-3)38-52(17,44(60)62-33-32-61-42(58)34-39(5)56)48(12,13)47(10,11)35-40(46(8,9)21-2)55-31-26-24-25-28-41(55)57/h40H,20-38H2,1-19H3,(H,53,59). The molecule has 0 bridgehead atoms. The Kier molecular flexibility index (Phi) is 21.4. The molecule has 1 N–H and O–H groups in total. The molecular weight excluding hydrogens is 779 g/mol. The first kappa shape index (κ1) is 57.5. The van der Waals surface area contributed by atoms with Crippen molar-refractivity contribution in [2.45, 2.75) is 214 Å². The van der Waals surface area contributed by atoms with E-state index < -0.39 is 38.5 Å². The molecule has 5 atom stereocenters. The van der Waals surface area contributed by atoms with E-state index in [2.05, 4.69) is 126 Å². The number of nitrogens with one attached hydrogen (secondary N) is 1. The van der Waals surface area contributed by atoms with Gasteiger partial charge in [0.2, 0.25) is 11.8 Å². The van der Waals surface area contributed by atoms with Crippen LogP contribution in [0.3, 0.4) is 0 Å². The van der Waals surface area contributed by atoms with Crippen LogP contribution in [-0.2, 0) is 33.4 Å². The number of ether oxygens (including phenoxy) is 2. The number of rotatable bonds is 28. The lowest BCUT2D eigenvalue weighted by molar-refractivity contribution is -0.181. The first-order valence-electron chi connectivity index (χ1n) is 24.3. The molecule has 1 fully saturated rings. The number of hydrogen-bond donors (Lipinski definition) is 1. The van der Waals surface area contributed by atoms with Gasteiger partial charge >= 0.3 is 11.9 Å². The maximum absolute atomic E-state index is 15.1. The second-order valence-corrected chi connectivity index (χ2v) is 23.4. The zero-order chi connectivity index (χ0) is 48.2. The number of likely N-dealkylation sites (tertiary alicyclic amines) is 1. The van der Waals surface area contributed by atoms with Crippen molar-refractivity contribution in [2.24, 2.45) is 43.3 Å². The lowest BCUT2D eigenvalue weighted by Crippen LogP contribution is -2.58. The summed E-state index contributed by atoms with van der Waals surface area (Å²) in [6, 6.07) is -0.0341. The average molecular weight is 876 g/mol. The zero-order valence-corrected chi connectivity index (χ0v) is 43.8. The first-order chi connectivity index (χ1) is 28.3. The monoisotopic (exact) mass is 876 g/mol. The van der Waals surface area contributed by atoms with Crippen LogP contribution in [0.15, 0.2) is 0 Å². The highest BCUT2D eigenvalue weighted by molar-refractivity contribution is 5.94. The third-order valence-corrected chi connectivity index (χ3v) is 16.9. The van der Waals surface area contributed by atoms with Crippen LogP contribution in [0.4, 0.5) is 0 Å². The summed E-state index contributed by atoms with van der Waals surface area (Å²) in [5, 5.41) is 3.37. The van der Waals surface area contributed by atoms with Gasteiger partial charge in [0.25, 0.3) is 0 Å². The fourth-order valence-electron chi connectivity index (χ4n) is 10.4. The third kappa shape index (κ3) is 14.8. The van der Waals surface area contributed by atoms with Gasteiger partial charge in [0.15, 0.2) is 0 Å². The van der Waals surface area contributed by atoms with E-state index in [1.165, 1.54) is 6.92 Å². The maximum atomic E-state index is 15.1. The van der Waals surface area contributed by atoms with E-state index in [0.717, 1.165) is 70.9 Å². The van der Waals surface area contributed by atoms with Crippen molar-refractivity contribution in [2.75, 3.05) is 46.9 Å². The van der Waals surface area contributed by atoms with E-state index >= 15 is 4.79 Å². The Morgan fingerprint density at radius 2 is 1.34 bits per heavy atom. The Morgan fingerprint density at radius 1 is 0.742 bits per heavy atom. The van der Waals surface area contributed by atoms with Crippen LogP contribution in [0.1, 0.15) is 208 Å². The SMILES string of the molecule is CCC(C)(C)CC(C)(C(=O)NCCCN(C)C)C(C)(CC)CC(C)(CC)CC(C)(C(=O)OCCOC(=O)CC(C)=O)C(C)(C)C(C)(C)CC(N1CCCCCC1=O)C(C)(C)CC. The van der Waals surface area contributed by atoms with Crippen molar-refractivity contribution >= 4 is 29.5 Å². The first-order valence-corrected chi connectivity index (χ1v) is 24.3. The molecule has 0 aromatic rings. The van der Waals surface area contributed by atoms with Crippen LogP contribution in [0.25, 0.3) is 0 Å². The number of hydrogen-bond acceptors (Lipinski definition) is 8. The second kappa shape index (κ2) is 23.1. The highest BCUT2D eigenvalue weighted by atomic mass is 16.6. The van der Waals surface area contributed by atoms with Gasteiger partial charge in [-0.15, -0.1) is 0 Å². The smallest absolute Gasteiger partial charge is 0.313 e. The predicted molar refractivity (Wildman–Crippen MR) is 255 cm³/mol. The van der Waals surface area contributed by atoms with Crippen LogP contribution >= 0.6 is 0 Å². The minimum atomic E-state index is -1.06. The molecule has 5 unspecified atom stereocenters. The normalized spacial score (nSPS) is 19.0. The molecule has 0 radical (unpaired) electrons. The molecule has 1 saturated heterocycles. The molecule has 0 aromatic carbocycles. The Labute approximate surface area is 380 Å². The van der Waals surface area contributed by atoms with Gasteiger partial charge in [-0.2, -0.15) is 0 Å². The highest BCUT2D eigenvalue weighted by Crippen LogP contribution is 2.63. The van der Waals surface area contributed by atoms with Crippen molar-refractivity contribution in [3.05, 3.63) is 0 Å². The number of amides is 2. The number of Topliss-reactive ketones (excluding diaryl/α,β-unsaturated/α-hetero) is 1. The largest absolute Gasteiger partial charge is 0.462 e. The average Bonchev–Trinajstić information content (AvgIpc) is 3.39. The third-order valence-electron chi connectivity index (χ3n) is 16.9. The minimum absolute atomic E-state index is 0.0341. The molecule has 0 saturated carbocycles. The van der Waals surface area contributed by atoms with Gasteiger partial charge in [-0.25, -0.2) is 0 Å². The Hall–Kier alpha value is -2.49. The maximum Gasteiger partial charge on any atom is 0.313 e. The Morgan fingerprint density at radius 3 is 1.85 bits per heavy atom. The van der Waals surface area contributed by atoms with Gasteiger partial charge in [0.05, 0.1) is 10.8 Å². The lowest BCUT2D eigenvalue weighted by Gasteiger charge is -2.58. The quantitative estimate of drug-likeness (QED) is 0.0468. The highest BCUT2D eigenvalue weighted by Gasteiger charge is 2.60. The Bertz CT molecular complexity index is 1490. The summed E-state index contributed by atoms with van der Waals surface area (Å²) in [5.41, 5.74) is -4.02. The van der Waals surface area contributed by atoms with Crippen LogP contribution in [0, 0.1) is 43.3 Å². The van der Waals surface area contributed by atoms with E-state index in [9.17, 15) is 19.2 Å². The van der Waals surface area contributed by atoms with Crippen LogP contribution in [-0.4, -0.2) is 92.3 Å². The predicted octanol–water partition coefficient (Wildman–Crippen LogP) is 11.2. The molecule has 362 valence electrons. The summed E-state index contributed by atoms with van der Waals surface area (Å²) < 4.78 is 11.5.